The maximum absolute atomic E-state index is 12.7. The van der Waals surface area contributed by atoms with Gasteiger partial charge in [0.05, 0.1) is 6.04 Å². The quantitative estimate of drug-likeness (QED) is 0.933. The van der Waals surface area contributed by atoms with E-state index in [-0.39, 0.29) is 11.9 Å². The van der Waals surface area contributed by atoms with Gasteiger partial charge in [-0.05, 0) is 30.2 Å². The van der Waals surface area contributed by atoms with E-state index in [4.69, 9.17) is 11.6 Å². The van der Waals surface area contributed by atoms with Crippen LogP contribution in [0.1, 0.15) is 23.7 Å². The number of amides is 1. The lowest BCUT2D eigenvalue weighted by Gasteiger charge is -2.36. The summed E-state index contributed by atoms with van der Waals surface area (Å²) in [5.41, 5.74) is 2.16. The summed E-state index contributed by atoms with van der Waals surface area (Å²) in [6.45, 7) is 2.31. The minimum Gasteiger partial charge on any atom is -0.333 e. The zero-order valence-electron chi connectivity index (χ0n) is 13.2. The van der Waals surface area contributed by atoms with Crippen LogP contribution in [0.15, 0.2) is 36.5 Å². The van der Waals surface area contributed by atoms with Gasteiger partial charge in [0.1, 0.15) is 0 Å². The predicted molar refractivity (Wildman–Crippen MR) is 90.3 cm³/mol. The summed E-state index contributed by atoms with van der Waals surface area (Å²) in [5, 5.41) is 8.22. The zero-order valence-corrected chi connectivity index (χ0v) is 14.0. The second-order valence-corrected chi connectivity index (χ2v) is 6.24. The van der Waals surface area contributed by atoms with Crippen LogP contribution in [0.5, 0.6) is 0 Å². The normalized spacial score (nSPS) is 18.2. The van der Waals surface area contributed by atoms with Crippen molar-refractivity contribution in [2.45, 2.75) is 18.9 Å². The number of aromatic nitrogens is 2. The van der Waals surface area contributed by atoms with Gasteiger partial charge in [0.2, 0.25) is 5.91 Å². The van der Waals surface area contributed by atoms with Gasteiger partial charge in [-0.1, -0.05) is 23.7 Å². The molecular weight excluding hydrogens is 312 g/mol. The van der Waals surface area contributed by atoms with E-state index in [1.807, 2.05) is 47.0 Å². The standard InChI is InChI=1S/C17H21ClN4O/c1-21-15(7-8-20-21)5-6-17(23)22-10-9-19-12-16(22)13-3-2-4-14(18)11-13/h2-4,7-8,11,16,19H,5-6,9-10,12H2,1H3. The van der Waals surface area contributed by atoms with Gasteiger partial charge in [0, 0.05) is 50.0 Å². The average Bonchev–Trinajstić information content (AvgIpc) is 2.98. The van der Waals surface area contributed by atoms with Crippen LogP contribution in [0, 0.1) is 0 Å². The molecule has 23 heavy (non-hydrogen) atoms. The van der Waals surface area contributed by atoms with E-state index < -0.39 is 0 Å². The van der Waals surface area contributed by atoms with Gasteiger partial charge in [0.25, 0.3) is 0 Å². The zero-order chi connectivity index (χ0) is 16.2. The molecule has 0 saturated carbocycles. The lowest BCUT2D eigenvalue weighted by Crippen LogP contribution is -2.48. The van der Waals surface area contributed by atoms with Gasteiger partial charge in [-0.2, -0.15) is 5.10 Å². The number of carbonyl (C=O) groups excluding carboxylic acids is 1. The summed E-state index contributed by atoms with van der Waals surface area (Å²) in [5.74, 6) is 0.178. The molecule has 1 amide bonds. The minimum absolute atomic E-state index is 0.0430. The second-order valence-electron chi connectivity index (χ2n) is 5.81. The molecule has 1 aromatic carbocycles. The van der Waals surface area contributed by atoms with Gasteiger partial charge in [-0.25, -0.2) is 0 Å². The molecule has 0 radical (unpaired) electrons. The number of hydrogen-bond donors (Lipinski definition) is 1. The Bertz CT molecular complexity index is 685. The Balaban J connectivity index is 1.70. The van der Waals surface area contributed by atoms with Gasteiger partial charge in [0.15, 0.2) is 0 Å². The molecule has 2 aromatic rings. The highest BCUT2D eigenvalue weighted by molar-refractivity contribution is 6.30. The molecule has 0 bridgehead atoms. The number of nitrogens with one attached hydrogen (secondary N) is 1. The van der Waals surface area contributed by atoms with E-state index in [9.17, 15) is 4.79 Å². The lowest BCUT2D eigenvalue weighted by atomic mass is 10.0. The minimum atomic E-state index is 0.0430. The second kappa shape index (κ2) is 7.15. The van der Waals surface area contributed by atoms with Gasteiger partial charge in [-0.15, -0.1) is 0 Å². The van der Waals surface area contributed by atoms with Crippen molar-refractivity contribution in [2.24, 2.45) is 7.05 Å². The first-order valence-corrected chi connectivity index (χ1v) is 8.25. The van der Waals surface area contributed by atoms with Crippen molar-refractivity contribution in [3.63, 3.8) is 0 Å². The summed E-state index contributed by atoms with van der Waals surface area (Å²) >= 11 is 6.10. The lowest BCUT2D eigenvalue weighted by molar-refractivity contribution is -0.134. The largest absolute Gasteiger partial charge is 0.333 e. The Morgan fingerprint density at radius 3 is 3.04 bits per heavy atom. The van der Waals surface area contributed by atoms with Crippen LogP contribution >= 0.6 is 11.6 Å². The number of aryl methyl sites for hydroxylation is 2. The first-order chi connectivity index (χ1) is 11.1. The summed E-state index contributed by atoms with van der Waals surface area (Å²) in [7, 11) is 1.90. The Morgan fingerprint density at radius 2 is 2.30 bits per heavy atom. The molecule has 0 aliphatic carbocycles. The first kappa shape index (κ1) is 16.0. The van der Waals surface area contributed by atoms with Crippen LogP contribution < -0.4 is 5.32 Å². The van der Waals surface area contributed by atoms with Gasteiger partial charge >= 0.3 is 0 Å². The van der Waals surface area contributed by atoms with Gasteiger partial charge in [-0.3, -0.25) is 9.48 Å². The predicted octanol–water partition coefficient (Wildman–Crippen LogP) is 2.18. The maximum atomic E-state index is 12.7. The van der Waals surface area contributed by atoms with Crippen LogP contribution in [0.4, 0.5) is 0 Å². The van der Waals surface area contributed by atoms with Crippen molar-refractivity contribution in [2.75, 3.05) is 19.6 Å². The molecule has 1 aliphatic heterocycles. The van der Waals surface area contributed by atoms with Crippen LogP contribution in [0.3, 0.4) is 0 Å². The molecule has 1 N–H and O–H groups in total. The summed E-state index contributed by atoms with van der Waals surface area (Å²) < 4.78 is 1.82. The first-order valence-electron chi connectivity index (χ1n) is 7.87. The molecular formula is C17H21ClN4O. The fraction of sp³-hybridized carbons (Fsp3) is 0.412. The van der Waals surface area contributed by atoms with E-state index in [2.05, 4.69) is 10.4 Å². The van der Waals surface area contributed by atoms with E-state index in [0.717, 1.165) is 30.9 Å². The third kappa shape index (κ3) is 3.74. The Morgan fingerprint density at radius 1 is 1.43 bits per heavy atom. The number of nitrogens with zero attached hydrogens (tertiary/aromatic N) is 3. The van der Waals surface area contributed by atoms with Crippen molar-refractivity contribution in [1.29, 1.82) is 0 Å². The monoisotopic (exact) mass is 332 g/mol. The number of hydrogen-bond acceptors (Lipinski definition) is 3. The molecule has 122 valence electrons. The Hall–Kier alpha value is -1.85. The SMILES string of the molecule is Cn1nccc1CCC(=O)N1CCNCC1c1cccc(Cl)c1. The van der Waals surface area contributed by atoms with Gasteiger partial charge < -0.3 is 10.2 Å². The highest BCUT2D eigenvalue weighted by atomic mass is 35.5. The van der Waals surface area contributed by atoms with E-state index in [1.165, 1.54) is 0 Å². The van der Waals surface area contributed by atoms with Crippen molar-refractivity contribution in [3.05, 3.63) is 52.8 Å². The third-order valence-electron chi connectivity index (χ3n) is 4.31. The van der Waals surface area contributed by atoms with Crippen LogP contribution in [0.2, 0.25) is 5.02 Å². The number of benzene rings is 1. The van der Waals surface area contributed by atoms with Crippen molar-refractivity contribution in [3.8, 4) is 0 Å². The summed E-state index contributed by atoms with van der Waals surface area (Å²) in [6.07, 6.45) is 2.97. The van der Waals surface area contributed by atoms with Crippen LogP contribution in [-0.2, 0) is 18.3 Å². The fourth-order valence-electron chi connectivity index (χ4n) is 3.04. The topological polar surface area (TPSA) is 50.2 Å². The average molecular weight is 333 g/mol. The van der Waals surface area contributed by atoms with Crippen LogP contribution in [-0.4, -0.2) is 40.2 Å². The van der Waals surface area contributed by atoms with E-state index >= 15 is 0 Å². The molecule has 1 atom stereocenters. The highest BCUT2D eigenvalue weighted by Gasteiger charge is 2.27. The van der Waals surface area contributed by atoms with E-state index in [0.29, 0.717) is 17.9 Å². The molecule has 1 saturated heterocycles. The van der Waals surface area contributed by atoms with Crippen molar-refractivity contribution >= 4 is 17.5 Å². The summed E-state index contributed by atoms with van der Waals surface area (Å²) in [6, 6.07) is 9.77. The molecule has 0 spiro atoms. The number of rotatable bonds is 4. The molecule has 1 aliphatic rings. The molecule has 6 heteroatoms. The molecule has 5 nitrogen and oxygen atoms in total. The Labute approximate surface area is 141 Å². The summed E-state index contributed by atoms with van der Waals surface area (Å²) in [4.78, 5) is 14.7. The number of carbonyl (C=O) groups is 1. The number of piperazine rings is 1. The number of halogens is 1. The molecule has 2 heterocycles. The molecule has 1 unspecified atom stereocenters. The molecule has 1 aromatic heterocycles. The van der Waals surface area contributed by atoms with Crippen LogP contribution in [0.25, 0.3) is 0 Å². The van der Waals surface area contributed by atoms with Crippen molar-refractivity contribution < 1.29 is 4.79 Å². The van der Waals surface area contributed by atoms with Crippen molar-refractivity contribution in [1.82, 2.24) is 20.0 Å². The maximum Gasteiger partial charge on any atom is 0.223 e. The smallest absolute Gasteiger partial charge is 0.223 e. The van der Waals surface area contributed by atoms with E-state index in [1.54, 1.807) is 6.20 Å². The molecule has 3 rings (SSSR count). The molecule has 1 fully saturated rings. The highest BCUT2D eigenvalue weighted by Crippen LogP contribution is 2.25. The third-order valence-corrected chi connectivity index (χ3v) is 4.55. The fourth-order valence-corrected chi connectivity index (χ4v) is 3.24. The Kier molecular flexibility index (Phi) is 4.98.